The molecule has 6 nitrogen and oxygen atoms in total. The standard InChI is InChI=1S/C18H24N4O2S/c1-18(2,3)17-21-13(11-19)16(24-17)20-12-14(15-5-4-10-25-15)22-6-8-23-9-7-22/h4-5,10,14,20H,6-9,12H2,1-3H3/t14-/m1/s1. The summed E-state index contributed by atoms with van der Waals surface area (Å²) in [5.41, 5.74) is 0.0833. The summed E-state index contributed by atoms with van der Waals surface area (Å²) in [6.45, 7) is 10.0. The molecule has 0 unspecified atom stereocenters. The second kappa shape index (κ2) is 7.56. The van der Waals surface area contributed by atoms with Gasteiger partial charge < -0.3 is 14.5 Å². The number of nitrogens with zero attached hydrogens (tertiary/aromatic N) is 3. The second-order valence-corrected chi connectivity index (χ2v) is 8.10. The molecule has 25 heavy (non-hydrogen) atoms. The Morgan fingerprint density at radius 2 is 2.16 bits per heavy atom. The smallest absolute Gasteiger partial charge is 0.232 e. The van der Waals surface area contributed by atoms with Gasteiger partial charge in [-0.2, -0.15) is 10.2 Å². The fourth-order valence-electron chi connectivity index (χ4n) is 2.81. The normalized spacial score (nSPS) is 17.2. The molecule has 0 aliphatic carbocycles. The van der Waals surface area contributed by atoms with Crippen molar-refractivity contribution in [3.8, 4) is 6.07 Å². The average molecular weight is 360 g/mol. The molecule has 0 amide bonds. The molecule has 3 rings (SSSR count). The Balaban J connectivity index is 1.77. The quantitative estimate of drug-likeness (QED) is 0.881. The molecule has 0 bridgehead atoms. The van der Waals surface area contributed by atoms with E-state index in [2.05, 4.69) is 38.8 Å². The summed E-state index contributed by atoms with van der Waals surface area (Å²) in [5.74, 6) is 1.04. The second-order valence-electron chi connectivity index (χ2n) is 7.12. The number of nitrogens with one attached hydrogen (secondary N) is 1. The molecular formula is C18H24N4O2S. The third kappa shape index (κ3) is 4.21. The van der Waals surface area contributed by atoms with Crippen molar-refractivity contribution in [2.45, 2.75) is 32.2 Å². The Kier molecular flexibility index (Phi) is 5.42. The van der Waals surface area contributed by atoms with Gasteiger partial charge in [0.2, 0.25) is 17.5 Å². The van der Waals surface area contributed by atoms with E-state index in [1.165, 1.54) is 4.88 Å². The summed E-state index contributed by atoms with van der Waals surface area (Å²) in [4.78, 5) is 8.04. The van der Waals surface area contributed by atoms with Crippen molar-refractivity contribution in [1.29, 1.82) is 5.26 Å². The van der Waals surface area contributed by atoms with Gasteiger partial charge in [-0.3, -0.25) is 4.90 Å². The minimum Gasteiger partial charge on any atom is -0.423 e. The maximum absolute atomic E-state index is 9.36. The lowest BCUT2D eigenvalue weighted by atomic mass is 9.97. The molecule has 1 saturated heterocycles. The molecule has 0 spiro atoms. The summed E-state index contributed by atoms with van der Waals surface area (Å²) in [6.07, 6.45) is 0. The van der Waals surface area contributed by atoms with Crippen LogP contribution in [0.3, 0.4) is 0 Å². The van der Waals surface area contributed by atoms with Crippen LogP contribution in [0.25, 0.3) is 0 Å². The summed E-state index contributed by atoms with van der Waals surface area (Å²) < 4.78 is 11.3. The topological polar surface area (TPSA) is 74.3 Å². The highest BCUT2D eigenvalue weighted by molar-refractivity contribution is 7.10. The molecule has 1 aliphatic heterocycles. The van der Waals surface area contributed by atoms with Gasteiger partial charge >= 0.3 is 0 Å². The molecule has 2 aromatic heterocycles. The van der Waals surface area contributed by atoms with Crippen LogP contribution in [0.2, 0.25) is 0 Å². The number of thiophene rings is 1. The number of morpholine rings is 1. The summed E-state index contributed by atoms with van der Waals surface area (Å²) >= 11 is 1.75. The first-order valence-electron chi connectivity index (χ1n) is 8.49. The van der Waals surface area contributed by atoms with E-state index in [1.807, 2.05) is 20.8 Å². The molecule has 2 aromatic rings. The number of anilines is 1. The van der Waals surface area contributed by atoms with Gasteiger partial charge in [0.15, 0.2) is 0 Å². The lowest BCUT2D eigenvalue weighted by molar-refractivity contribution is 0.0193. The summed E-state index contributed by atoms with van der Waals surface area (Å²) in [6, 6.07) is 6.57. The van der Waals surface area contributed by atoms with Crippen LogP contribution in [0, 0.1) is 11.3 Å². The first-order chi connectivity index (χ1) is 12.0. The molecular weight excluding hydrogens is 336 g/mol. The Labute approximate surface area is 152 Å². The van der Waals surface area contributed by atoms with Crippen LogP contribution in [0.1, 0.15) is 43.3 Å². The molecule has 0 saturated carbocycles. The van der Waals surface area contributed by atoms with Gasteiger partial charge in [-0.05, 0) is 11.4 Å². The van der Waals surface area contributed by atoms with Gasteiger partial charge in [-0.25, -0.2) is 0 Å². The molecule has 3 heterocycles. The van der Waals surface area contributed by atoms with Crippen LogP contribution < -0.4 is 5.32 Å². The number of hydrogen-bond acceptors (Lipinski definition) is 7. The zero-order valence-electron chi connectivity index (χ0n) is 14.9. The number of rotatable bonds is 5. The highest BCUT2D eigenvalue weighted by Gasteiger charge is 2.26. The summed E-state index contributed by atoms with van der Waals surface area (Å²) in [5, 5.41) is 14.8. The van der Waals surface area contributed by atoms with Crippen LogP contribution in [0.5, 0.6) is 0 Å². The molecule has 1 atom stereocenters. The number of ether oxygens (including phenoxy) is 1. The summed E-state index contributed by atoms with van der Waals surface area (Å²) in [7, 11) is 0. The maximum atomic E-state index is 9.36. The van der Waals surface area contributed by atoms with Crippen molar-refractivity contribution < 1.29 is 9.15 Å². The van der Waals surface area contributed by atoms with Crippen molar-refractivity contribution in [1.82, 2.24) is 9.88 Å². The molecule has 7 heteroatoms. The van der Waals surface area contributed by atoms with Crippen LogP contribution in [0.4, 0.5) is 5.88 Å². The van der Waals surface area contributed by atoms with Crippen molar-refractivity contribution in [3.05, 3.63) is 34.0 Å². The van der Waals surface area contributed by atoms with E-state index in [-0.39, 0.29) is 11.5 Å². The average Bonchev–Trinajstić information content (AvgIpc) is 3.25. The van der Waals surface area contributed by atoms with E-state index < -0.39 is 0 Å². The largest absolute Gasteiger partial charge is 0.423 e. The highest BCUT2D eigenvalue weighted by atomic mass is 32.1. The van der Waals surface area contributed by atoms with Crippen LogP contribution in [-0.2, 0) is 10.2 Å². The molecule has 0 aromatic carbocycles. The van der Waals surface area contributed by atoms with Crippen molar-refractivity contribution in [2.75, 3.05) is 38.2 Å². The van der Waals surface area contributed by atoms with E-state index in [9.17, 15) is 5.26 Å². The SMILES string of the molecule is CC(C)(C)c1nc(C#N)c(NC[C@H](c2cccs2)N2CCOCC2)o1. The minimum atomic E-state index is -0.233. The highest BCUT2D eigenvalue weighted by Crippen LogP contribution is 2.29. The zero-order chi connectivity index (χ0) is 17.9. The fraction of sp³-hybridized carbons (Fsp3) is 0.556. The van der Waals surface area contributed by atoms with Gasteiger partial charge in [-0.15, -0.1) is 11.3 Å². The molecule has 0 radical (unpaired) electrons. The van der Waals surface area contributed by atoms with Crippen molar-refractivity contribution in [2.24, 2.45) is 0 Å². The first kappa shape index (κ1) is 17.9. The maximum Gasteiger partial charge on any atom is 0.232 e. The lowest BCUT2D eigenvalue weighted by Gasteiger charge is -2.34. The van der Waals surface area contributed by atoms with Gasteiger partial charge in [0, 0.05) is 29.9 Å². The van der Waals surface area contributed by atoms with E-state index in [0.29, 0.717) is 24.0 Å². The van der Waals surface area contributed by atoms with Gasteiger partial charge in [0.1, 0.15) is 6.07 Å². The molecule has 1 N–H and O–H groups in total. The van der Waals surface area contributed by atoms with Crippen molar-refractivity contribution >= 4 is 17.2 Å². The Hall–Kier alpha value is -1.88. The van der Waals surface area contributed by atoms with Crippen molar-refractivity contribution in [3.63, 3.8) is 0 Å². The Morgan fingerprint density at radius 3 is 2.76 bits per heavy atom. The van der Waals surface area contributed by atoms with E-state index >= 15 is 0 Å². The van der Waals surface area contributed by atoms with Crippen LogP contribution >= 0.6 is 11.3 Å². The predicted octanol–water partition coefficient (Wildman–Crippen LogP) is 3.39. The van der Waals surface area contributed by atoms with Gasteiger partial charge in [0.25, 0.3) is 0 Å². The predicted molar refractivity (Wildman–Crippen MR) is 97.9 cm³/mol. The van der Waals surface area contributed by atoms with E-state index in [4.69, 9.17) is 9.15 Å². The lowest BCUT2D eigenvalue weighted by Crippen LogP contribution is -2.41. The van der Waals surface area contributed by atoms with Crippen LogP contribution in [0.15, 0.2) is 21.9 Å². The Morgan fingerprint density at radius 1 is 1.40 bits per heavy atom. The third-order valence-corrected chi connectivity index (χ3v) is 5.16. The number of aromatic nitrogens is 1. The monoisotopic (exact) mass is 360 g/mol. The minimum absolute atomic E-state index is 0.221. The number of nitriles is 1. The zero-order valence-corrected chi connectivity index (χ0v) is 15.7. The molecule has 134 valence electrons. The first-order valence-corrected chi connectivity index (χ1v) is 9.37. The van der Waals surface area contributed by atoms with Crippen LogP contribution in [-0.4, -0.2) is 42.7 Å². The van der Waals surface area contributed by atoms with Gasteiger partial charge in [0.05, 0.1) is 19.3 Å². The van der Waals surface area contributed by atoms with E-state index in [0.717, 1.165) is 26.3 Å². The number of hydrogen-bond donors (Lipinski definition) is 1. The van der Waals surface area contributed by atoms with E-state index in [1.54, 1.807) is 11.3 Å². The fourth-order valence-corrected chi connectivity index (χ4v) is 3.67. The van der Waals surface area contributed by atoms with Gasteiger partial charge in [-0.1, -0.05) is 26.8 Å². The molecule has 1 aliphatic rings. The third-order valence-electron chi connectivity index (χ3n) is 4.19. The Bertz CT molecular complexity index is 721. The number of oxazole rings is 1. The molecule has 1 fully saturated rings.